The van der Waals surface area contributed by atoms with Crippen LogP contribution >= 0.6 is 0 Å². The molecule has 3 nitrogen and oxygen atoms in total. The van der Waals surface area contributed by atoms with E-state index in [1.54, 1.807) is 0 Å². The number of rotatable bonds is 7. The summed E-state index contributed by atoms with van der Waals surface area (Å²) in [6, 6.07) is 0. The van der Waals surface area contributed by atoms with Crippen molar-refractivity contribution >= 4 is 5.97 Å². The Morgan fingerprint density at radius 3 is 2.39 bits per heavy atom. The largest absolute Gasteiger partial charge is 1.00 e. The Morgan fingerprint density at radius 1 is 1.17 bits per heavy atom. The third-order valence-corrected chi connectivity index (χ3v) is 4.28. The Kier molecular flexibility index (Phi) is 7.22. The smallest absolute Gasteiger partial charge is 0.547 e. The molecule has 2 rings (SSSR count). The summed E-state index contributed by atoms with van der Waals surface area (Å²) in [5.74, 6) is -0.0826. The van der Waals surface area contributed by atoms with Gasteiger partial charge in [-0.05, 0) is 12.3 Å². The molecule has 0 spiro atoms. The van der Waals surface area contributed by atoms with Gasteiger partial charge in [-0.1, -0.05) is 57.8 Å². The summed E-state index contributed by atoms with van der Waals surface area (Å²) in [6.45, 7) is 0.359. The molecule has 0 aromatic rings. The molecule has 0 aromatic heterocycles. The molecule has 2 fully saturated rings. The molecule has 0 aromatic carbocycles. The summed E-state index contributed by atoms with van der Waals surface area (Å²) in [4.78, 5) is 10.8. The van der Waals surface area contributed by atoms with Gasteiger partial charge in [-0.2, -0.15) is 0 Å². The van der Waals surface area contributed by atoms with Crippen molar-refractivity contribution in [3.05, 3.63) is 0 Å². The van der Waals surface area contributed by atoms with Gasteiger partial charge in [0.15, 0.2) is 0 Å². The molecule has 18 heavy (non-hydrogen) atoms. The average Bonchev–Trinajstić information content (AvgIpc) is 3.11. The number of aliphatic carboxylic acids is 1. The first-order chi connectivity index (χ1) is 8.23. The fourth-order valence-corrected chi connectivity index (χ4v) is 2.95. The van der Waals surface area contributed by atoms with E-state index >= 15 is 0 Å². The van der Waals surface area contributed by atoms with E-state index in [0.29, 0.717) is 13.0 Å². The first-order valence-corrected chi connectivity index (χ1v) is 7.08. The molecule has 0 N–H and O–H groups in total. The number of epoxide rings is 1. The molecule has 1 saturated heterocycles. The third kappa shape index (κ3) is 4.84. The molecule has 4 heteroatoms. The fourth-order valence-electron chi connectivity index (χ4n) is 2.95. The minimum atomic E-state index is -1.02. The van der Waals surface area contributed by atoms with Crippen molar-refractivity contribution in [2.75, 3.05) is 6.61 Å². The maximum atomic E-state index is 10.8. The van der Waals surface area contributed by atoms with Crippen LogP contribution in [0.25, 0.3) is 0 Å². The fraction of sp³-hybridized carbons (Fsp3) is 0.929. The molecular weight excluding hydrogens is 239 g/mol. The normalized spacial score (nSPS) is 27.6. The number of unbranched alkanes of at least 4 members (excludes halogenated alkanes) is 2. The van der Waals surface area contributed by atoms with Crippen LogP contribution in [0.4, 0.5) is 0 Å². The molecular formula is C14H23NaO3. The van der Waals surface area contributed by atoms with E-state index in [-0.39, 0.29) is 29.6 Å². The number of carboxylic acids is 1. The zero-order valence-electron chi connectivity index (χ0n) is 11.6. The van der Waals surface area contributed by atoms with Crippen LogP contribution in [0.15, 0.2) is 0 Å². The quantitative estimate of drug-likeness (QED) is 0.337. The van der Waals surface area contributed by atoms with E-state index in [1.165, 1.54) is 44.9 Å². The second kappa shape index (κ2) is 7.88. The van der Waals surface area contributed by atoms with Crippen molar-refractivity contribution in [3.8, 4) is 0 Å². The van der Waals surface area contributed by atoms with Crippen LogP contribution in [0.2, 0.25) is 0 Å². The Bertz CT molecular complexity index is 258. The van der Waals surface area contributed by atoms with E-state index in [1.807, 2.05) is 0 Å². The van der Waals surface area contributed by atoms with Gasteiger partial charge in [0.25, 0.3) is 0 Å². The van der Waals surface area contributed by atoms with Gasteiger partial charge in [-0.3, -0.25) is 0 Å². The molecule has 2 aliphatic rings. The van der Waals surface area contributed by atoms with Gasteiger partial charge < -0.3 is 14.6 Å². The number of carboxylic acid groups (broad SMARTS) is 1. The topological polar surface area (TPSA) is 52.7 Å². The first kappa shape index (κ1) is 16.5. The molecule has 0 amide bonds. The SMILES string of the molecule is O=C([O-])C1(CCCCCC2CCCCC2)CO1.[Na+]. The monoisotopic (exact) mass is 262 g/mol. The Labute approximate surface area is 132 Å². The molecule has 1 aliphatic heterocycles. The van der Waals surface area contributed by atoms with E-state index in [0.717, 1.165) is 18.8 Å². The van der Waals surface area contributed by atoms with Gasteiger partial charge in [0.05, 0.1) is 12.6 Å². The number of carbonyl (C=O) groups excluding carboxylic acids is 1. The van der Waals surface area contributed by atoms with Crippen LogP contribution in [0.5, 0.6) is 0 Å². The maximum Gasteiger partial charge on any atom is 1.00 e. The Hall–Kier alpha value is 0.430. The van der Waals surface area contributed by atoms with Crippen molar-refractivity contribution < 1.29 is 44.2 Å². The van der Waals surface area contributed by atoms with Gasteiger partial charge >= 0.3 is 29.6 Å². The summed E-state index contributed by atoms with van der Waals surface area (Å²) in [5, 5.41) is 10.8. The summed E-state index contributed by atoms with van der Waals surface area (Å²) >= 11 is 0. The van der Waals surface area contributed by atoms with Gasteiger partial charge in [-0.25, -0.2) is 0 Å². The average molecular weight is 262 g/mol. The zero-order valence-corrected chi connectivity index (χ0v) is 13.6. The summed E-state index contributed by atoms with van der Waals surface area (Å²) in [5.41, 5.74) is -0.898. The standard InChI is InChI=1S/C14H24O3.Na/c15-13(16)14(11-17-14)10-6-2-5-9-12-7-3-1-4-8-12;/h12H,1-11H2,(H,15,16);/q;+1/p-1. The summed E-state index contributed by atoms with van der Waals surface area (Å²) in [7, 11) is 0. The van der Waals surface area contributed by atoms with Crippen LogP contribution in [0.3, 0.4) is 0 Å². The molecule has 0 bridgehead atoms. The number of ether oxygens (including phenoxy) is 1. The summed E-state index contributed by atoms with van der Waals surface area (Å²) in [6.07, 6.45) is 12.4. The van der Waals surface area contributed by atoms with Crippen LogP contribution in [0, 0.1) is 5.92 Å². The van der Waals surface area contributed by atoms with Crippen molar-refractivity contribution in [3.63, 3.8) is 0 Å². The minimum absolute atomic E-state index is 0. The number of hydrogen-bond acceptors (Lipinski definition) is 3. The van der Waals surface area contributed by atoms with Gasteiger partial charge in [0.2, 0.25) is 0 Å². The van der Waals surface area contributed by atoms with E-state index in [2.05, 4.69) is 0 Å². The predicted molar refractivity (Wildman–Crippen MR) is 63.4 cm³/mol. The van der Waals surface area contributed by atoms with Gasteiger partial charge in [-0.15, -0.1) is 0 Å². The van der Waals surface area contributed by atoms with Crippen LogP contribution in [-0.4, -0.2) is 18.2 Å². The molecule has 1 heterocycles. The molecule has 98 valence electrons. The summed E-state index contributed by atoms with van der Waals surface area (Å²) < 4.78 is 4.99. The molecule has 0 radical (unpaired) electrons. The van der Waals surface area contributed by atoms with E-state index in [4.69, 9.17) is 4.74 Å². The Morgan fingerprint density at radius 2 is 1.83 bits per heavy atom. The van der Waals surface area contributed by atoms with Crippen LogP contribution in [0.1, 0.15) is 64.2 Å². The van der Waals surface area contributed by atoms with Crippen LogP contribution < -0.4 is 34.7 Å². The van der Waals surface area contributed by atoms with E-state index in [9.17, 15) is 9.90 Å². The Balaban J connectivity index is 0.00000162. The molecule has 1 aliphatic carbocycles. The van der Waals surface area contributed by atoms with Crippen molar-refractivity contribution in [1.29, 1.82) is 0 Å². The number of carbonyl (C=O) groups is 1. The van der Waals surface area contributed by atoms with Crippen molar-refractivity contribution in [2.24, 2.45) is 5.92 Å². The second-order valence-corrected chi connectivity index (χ2v) is 5.67. The third-order valence-electron chi connectivity index (χ3n) is 4.28. The van der Waals surface area contributed by atoms with Gasteiger partial charge in [0.1, 0.15) is 5.60 Å². The number of hydrogen-bond donors (Lipinski definition) is 0. The van der Waals surface area contributed by atoms with Gasteiger partial charge in [0, 0.05) is 0 Å². The van der Waals surface area contributed by atoms with Crippen molar-refractivity contribution in [1.82, 2.24) is 0 Å². The van der Waals surface area contributed by atoms with E-state index < -0.39 is 11.6 Å². The molecule has 1 unspecified atom stereocenters. The van der Waals surface area contributed by atoms with Crippen molar-refractivity contribution in [2.45, 2.75) is 69.8 Å². The second-order valence-electron chi connectivity index (χ2n) is 5.67. The zero-order chi connectivity index (χ0) is 12.1. The van der Waals surface area contributed by atoms with Crippen LogP contribution in [-0.2, 0) is 9.53 Å². The maximum absolute atomic E-state index is 10.8. The first-order valence-electron chi connectivity index (χ1n) is 7.08. The molecule has 1 atom stereocenters. The minimum Gasteiger partial charge on any atom is -0.547 e. The molecule has 1 saturated carbocycles. The predicted octanol–water partition coefficient (Wildman–Crippen LogP) is -0.960.